The van der Waals surface area contributed by atoms with Crippen LogP contribution in [0.4, 0.5) is 0 Å². The molecular formula is C18H27ClN2O3S. The number of sulfonamides is 1. The Hall–Kier alpha value is -1.11. The second-order valence-corrected chi connectivity index (χ2v) is 9.43. The van der Waals surface area contributed by atoms with Crippen molar-refractivity contribution < 1.29 is 13.2 Å². The summed E-state index contributed by atoms with van der Waals surface area (Å²) >= 11 is 6.07. The summed E-state index contributed by atoms with van der Waals surface area (Å²) < 4.78 is 27.1. The van der Waals surface area contributed by atoms with Gasteiger partial charge in [0.05, 0.1) is 10.8 Å². The first kappa shape index (κ1) is 20.2. The number of benzene rings is 1. The zero-order valence-electron chi connectivity index (χ0n) is 15.1. The van der Waals surface area contributed by atoms with Gasteiger partial charge in [-0.05, 0) is 49.8 Å². The van der Waals surface area contributed by atoms with E-state index >= 15 is 0 Å². The summed E-state index contributed by atoms with van der Waals surface area (Å²) in [6.45, 7) is 7.33. The Bertz CT molecular complexity index is 719. The van der Waals surface area contributed by atoms with Crippen LogP contribution in [0.25, 0.3) is 0 Å². The van der Waals surface area contributed by atoms with Gasteiger partial charge < -0.3 is 5.32 Å². The lowest BCUT2D eigenvalue weighted by atomic mass is 9.98. The Kier molecular flexibility index (Phi) is 6.88. The smallest absolute Gasteiger partial charge is 0.243 e. The molecule has 1 saturated heterocycles. The number of hydrogen-bond donors (Lipinski definition) is 1. The summed E-state index contributed by atoms with van der Waals surface area (Å²) in [6, 6.07) is 4.76. The van der Waals surface area contributed by atoms with E-state index in [0.29, 0.717) is 36.9 Å². The van der Waals surface area contributed by atoms with E-state index in [9.17, 15) is 13.2 Å². The van der Waals surface area contributed by atoms with Crippen molar-refractivity contribution in [1.82, 2.24) is 9.62 Å². The van der Waals surface area contributed by atoms with Gasteiger partial charge in [0.1, 0.15) is 0 Å². The second kappa shape index (κ2) is 8.52. The summed E-state index contributed by atoms with van der Waals surface area (Å²) in [5, 5.41) is 3.36. The van der Waals surface area contributed by atoms with Crippen LogP contribution in [0, 0.1) is 18.8 Å². The summed E-state index contributed by atoms with van der Waals surface area (Å²) in [5.74, 6) is 0.175. The fourth-order valence-corrected chi connectivity index (χ4v) is 4.68. The molecule has 0 aliphatic carbocycles. The minimum absolute atomic E-state index is 0.0533. The standard InChI is InChI=1S/C18H27ClN2O3S/c1-13(2)8-9-20-18(22)15-5-4-10-21(12-15)25(23,24)16-7-6-14(3)17(19)11-16/h6-7,11,13,15H,4-5,8-10,12H2,1-3H3,(H,20,22)/t15-/m0/s1. The fourth-order valence-electron chi connectivity index (χ4n) is 2.89. The molecule has 1 aromatic rings. The second-order valence-electron chi connectivity index (χ2n) is 7.09. The van der Waals surface area contributed by atoms with Crippen molar-refractivity contribution in [3.63, 3.8) is 0 Å². The topological polar surface area (TPSA) is 66.5 Å². The molecule has 1 aliphatic heterocycles. The first-order valence-corrected chi connectivity index (χ1v) is 10.6. The maximum Gasteiger partial charge on any atom is 0.243 e. The van der Waals surface area contributed by atoms with Gasteiger partial charge in [0, 0.05) is 24.7 Å². The molecule has 0 unspecified atom stereocenters. The Morgan fingerprint density at radius 2 is 2.12 bits per heavy atom. The van der Waals surface area contributed by atoms with Crippen LogP contribution in [-0.2, 0) is 14.8 Å². The molecule has 140 valence electrons. The number of hydrogen-bond acceptors (Lipinski definition) is 3. The van der Waals surface area contributed by atoms with Crippen LogP contribution in [0.1, 0.15) is 38.7 Å². The molecule has 1 aliphatic rings. The van der Waals surface area contributed by atoms with Crippen molar-refractivity contribution in [1.29, 1.82) is 0 Å². The highest BCUT2D eigenvalue weighted by atomic mass is 35.5. The van der Waals surface area contributed by atoms with Gasteiger partial charge in [0.15, 0.2) is 0 Å². The average Bonchev–Trinajstić information content (AvgIpc) is 2.57. The maximum atomic E-state index is 12.9. The van der Waals surface area contributed by atoms with Crippen LogP contribution in [0.5, 0.6) is 0 Å². The molecule has 1 aromatic carbocycles. The van der Waals surface area contributed by atoms with Gasteiger partial charge >= 0.3 is 0 Å². The number of nitrogens with zero attached hydrogens (tertiary/aromatic N) is 1. The molecule has 7 heteroatoms. The number of aryl methyl sites for hydroxylation is 1. The number of piperidine rings is 1. The number of carbonyl (C=O) groups is 1. The van der Waals surface area contributed by atoms with E-state index in [4.69, 9.17) is 11.6 Å². The van der Waals surface area contributed by atoms with Crippen molar-refractivity contribution >= 4 is 27.5 Å². The molecule has 1 atom stereocenters. The lowest BCUT2D eigenvalue weighted by Crippen LogP contribution is -2.45. The Morgan fingerprint density at radius 1 is 1.40 bits per heavy atom. The van der Waals surface area contributed by atoms with Crippen LogP contribution < -0.4 is 5.32 Å². The Balaban J connectivity index is 2.06. The van der Waals surface area contributed by atoms with Gasteiger partial charge in [0.25, 0.3) is 0 Å². The third-order valence-electron chi connectivity index (χ3n) is 4.56. The van der Waals surface area contributed by atoms with E-state index in [0.717, 1.165) is 12.0 Å². The molecule has 1 heterocycles. The Labute approximate surface area is 155 Å². The first-order chi connectivity index (χ1) is 11.7. The van der Waals surface area contributed by atoms with Crippen LogP contribution >= 0.6 is 11.6 Å². The lowest BCUT2D eigenvalue weighted by Gasteiger charge is -2.31. The Morgan fingerprint density at radius 3 is 2.76 bits per heavy atom. The minimum atomic E-state index is -3.63. The van der Waals surface area contributed by atoms with Gasteiger partial charge in [-0.3, -0.25) is 4.79 Å². The van der Waals surface area contributed by atoms with E-state index in [1.165, 1.54) is 10.4 Å². The van der Waals surface area contributed by atoms with E-state index in [1.54, 1.807) is 12.1 Å². The third kappa shape index (κ3) is 5.19. The van der Waals surface area contributed by atoms with Crippen molar-refractivity contribution in [2.24, 2.45) is 11.8 Å². The number of amides is 1. The predicted octanol–water partition coefficient (Wildman–Crippen LogP) is 3.21. The monoisotopic (exact) mass is 386 g/mol. The highest BCUT2D eigenvalue weighted by Crippen LogP contribution is 2.26. The van der Waals surface area contributed by atoms with Crippen molar-refractivity contribution in [3.05, 3.63) is 28.8 Å². The summed E-state index contributed by atoms with van der Waals surface area (Å²) in [5.41, 5.74) is 0.835. The summed E-state index contributed by atoms with van der Waals surface area (Å²) in [6.07, 6.45) is 2.32. The zero-order chi connectivity index (χ0) is 18.6. The summed E-state index contributed by atoms with van der Waals surface area (Å²) in [7, 11) is -3.63. The normalized spacial score (nSPS) is 19.2. The van der Waals surface area contributed by atoms with E-state index < -0.39 is 10.0 Å². The number of carbonyl (C=O) groups excluding carboxylic acids is 1. The third-order valence-corrected chi connectivity index (χ3v) is 6.83. The van der Waals surface area contributed by atoms with E-state index in [2.05, 4.69) is 19.2 Å². The molecule has 1 fully saturated rings. The average molecular weight is 387 g/mol. The molecule has 0 spiro atoms. The molecule has 0 radical (unpaired) electrons. The zero-order valence-corrected chi connectivity index (χ0v) is 16.7. The van der Waals surface area contributed by atoms with Gasteiger partial charge in [-0.15, -0.1) is 0 Å². The first-order valence-electron chi connectivity index (χ1n) is 8.76. The van der Waals surface area contributed by atoms with Gasteiger partial charge in [-0.1, -0.05) is 31.5 Å². The largest absolute Gasteiger partial charge is 0.356 e. The van der Waals surface area contributed by atoms with Crippen LogP contribution in [0.15, 0.2) is 23.1 Å². The van der Waals surface area contributed by atoms with Crippen LogP contribution in [0.3, 0.4) is 0 Å². The molecule has 1 N–H and O–H groups in total. The van der Waals surface area contributed by atoms with E-state index in [-0.39, 0.29) is 23.3 Å². The fraction of sp³-hybridized carbons (Fsp3) is 0.611. The van der Waals surface area contributed by atoms with Crippen molar-refractivity contribution in [2.75, 3.05) is 19.6 Å². The highest BCUT2D eigenvalue weighted by molar-refractivity contribution is 7.89. The molecule has 0 aromatic heterocycles. The molecular weight excluding hydrogens is 360 g/mol. The van der Waals surface area contributed by atoms with E-state index in [1.807, 2.05) is 6.92 Å². The molecule has 0 saturated carbocycles. The van der Waals surface area contributed by atoms with Gasteiger partial charge in [-0.25, -0.2) is 8.42 Å². The highest BCUT2D eigenvalue weighted by Gasteiger charge is 2.33. The van der Waals surface area contributed by atoms with Crippen LogP contribution in [-0.4, -0.2) is 38.3 Å². The lowest BCUT2D eigenvalue weighted by molar-refractivity contribution is -0.126. The molecule has 25 heavy (non-hydrogen) atoms. The minimum Gasteiger partial charge on any atom is -0.356 e. The van der Waals surface area contributed by atoms with Gasteiger partial charge in [-0.2, -0.15) is 4.31 Å². The van der Waals surface area contributed by atoms with Crippen LogP contribution in [0.2, 0.25) is 5.02 Å². The molecule has 2 rings (SSSR count). The maximum absolute atomic E-state index is 12.9. The van der Waals surface area contributed by atoms with Gasteiger partial charge in [0.2, 0.25) is 15.9 Å². The molecule has 0 bridgehead atoms. The number of halogens is 1. The summed E-state index contributed by atoms with van der Waals surface area (Å²) in [4.78, 5) is 12.5. The SMILES string of the molecule is Cc1ccc(S(=O)(=O)N2CCC[C@H](C(=O)NCCC(C)C)C2)cc1Cl. The number of rotatable bonds is 6. The number of nitrogens with one attached hydrogen (secondary N) is 1. The quantitative estimate of drug-likeness (QED) is 0.816. The predicted molar refractivity (Wildman–Crippen MR) is 100 cm³/mol. The van der Waals surface area contributed by atoms with Crippen molar-refractivity contribution in [3.8, 4) is 0 Å². The van der Waals surface area contributed by atoms with Crippen molar-refractivity contribution in [2.45, 2.75) is 44.9 Å². The molecule has 1 amide bonds. The molecule has 5 nitrogen and oxygen atoms in total.